The second-order valence-corrected chi connectivity index (χ2v) is 8.77. The predicted molar refractivity (Wildman–Crippen MR) is 103 cm³/mol. The molecule has 0 atom stereocenters. The third-order valence-corrected chi connectivity index (χ3v) is 6.93. The fourth-order valence-corrected chi connectivity index (χ4v) is 4.89. The number of sulfonamides is 1. The number of hydrogen-bond acceptors (Lipinski definition) is 5. The molecule has 0 radical (unpaired) electrons. The van der Waals surface area contributed by atoms with Gasteiger partial charge in [-0.1, -0.05) is 6.07 Å². The van der Waals surface area contributed by atoms with E-state index in [2.05, 4.69) is 4.98 Å². The third kappa shape index (κ3) is 4.48. The molecule has 3 rings (SSSR count). The summed E-state index contributed by atoms with van der Waals surface area (Å²) in [5.74, 6) is 0.396. The van der Waals surface area contributed by atoms with E-state index in [4.69, 9.17) is 9.47 Å². The van der Waals surface area contributed by atoms with Gasteiger partial charge in [0.05, 0.1) is 19.8 Å². The molecule has 0 aliphatic carbocycles. The fourth-order valence-electron chi connectivity index (χ4n) is 3.20. The molecule has 1 saturated heterocycles. The summed E-state index contributed by atoms with van der Waals surface area (Å²) < 4.78 is 39.0. The Labute approximate surface area is 161 Å². The maximum atomic E-state index is 13.1. The highest BCUT2D eigenvalue weighted by atomic mass is 32.2. The largest absolute Gasteiger partial charge is 0.495 e. The number of hydrogen-bond donors (Lipinski definition) is 0. The lowest BCUT2D eigenvalue weighted by atomic mass is 10.1. The molecule has 0 saturated carbocycles. The number of piperidine rings is 1. The van der Waals surface area contributed by atoms with Gasteiger partial charge in [0, 0.05) is 25.5 Å². The molecule has 0 unspecified atom stereocenters. The molecule has 0 amide bonds. The van der Waals surface area contributed by atoms with Crippen LogP contribution < -0.4 is 4.74 Å². The van der Waals surface area contributed by atoms with E-state index in [1.54, 1.807) is 24.5 Å². The van der Waals surface area contributed by atoms with E-state index in [1.165, 1.54) is 11.4 Å². The quantitative estimate of drug-likeness (QED) is 0.758. The Balaban J connectivity index is 1.66. The van der Waals surface area contributed by atoms with Crippen LogP contribution in [-0.2, 0) is 21.4 Å². The predicted octanol–water partition coefficient (Wildman–Crippen LogP) is 3.08. The maximum absolute atomic E-state index is 13.1. The zero-order valence-corrected chi connectivity index (χ0v) is 16.8. The minimum absolute atomic E-state index is 0.0540. The van der Waals surface area contributed by atoms with Crippen molar-refractivity contribution in [2.24, 2.45) is 0 Å². The summed E-state index contributed by atoms with van der Waals surface area (Å²) in [6.07, 6.45) is 4.91. The topological polar surface area (TPSA) is 68.7 Å². The maximum Gasteiger partial charge on any atom is 0.246 e. The molecule has 1 aliphatic rings. The number of ether oxygens (including phenoxy) is 2. The van der Waals surface area contributed by atoms with Crippen LogP contribution in [0, 0.1) is 13.8 Å². The van der Waals surface area contributed by atoms with E-state index in [1.807, 2.05) is 26.0 Å². The summed E-state index contributed by atoms with van der Waals surface area (Å²) in [7, 11) is -2.09. The van der Waals surface area contributed by atoms with E-state index in [-0.39, 0.29) is 11.0 Å². The van der Waals surface area contributed by atoms with Gasteiger partial charge in [-0.3, -0.25) is 4.98 Å². The molecule has 0 spiro atoms. The number of nitrogens with zero attached hydrogens (tertiary/aromatic N) is 2. The van der Waals surface area contributed by atoms with E-state index in [0.29, 0.717) is 38.3 Å². The van der Waals surface area contributed by atoms with Crippen LogP contribution in [0.4, 0.5) is 0 Å². The summed E-state index contributed by atoms with van der Waals surface area (Å²) in [6, 6.07) is 7.34. The van der Waals surface area contributed by atoms with Crippen molar-refractivity contribution < 1.29 is 17.9 Å². The number of pyridine rings is 1. The van der Waals surface area contributed by atoms with Gasteiger partial charge in [-0.25, -0.2) is 8.42 Å². The van der Waals surface area contributed by atoms with Crippen LogP contribution in [0.1, 0.15) is 29.5 Å². The molecule has 1 fully saturated rings. The Morgan fingerprint density at radius 2 is 1.89 bits per heavy atom. The summed E-state index contributed by atoms with van der Waals surface area (Å²) in [5.41, 5.74) is 2.96. The summed E-state index contributed by atoms with van der Waals surface area (Å²) >= 11 is 0. The SMILES string of the molecule is COc1cc(C)c(C)cc1S(=O)(=O)N1CCC(OCc2cccnc2)CC1. The first-order chi connectivity index (χ1) is 12.9. The van der Waals surface area contributed by atoms with Gasteiger partial charge >= 0.3 is 0 Å². The summed E-state index contributed by atoms with van der Waals surface area (Å²) in [5, 5.41) is 0. The van der Waals surface area contributed by atoms with Crippen molar-refractivity contribution >= 4 is 10.0 Å². The lowest BCUT2D eigenvalue weighted by Gasteiger charge is -2.31. The zero-order valence-electron chi connectivity index (χ0n) is 16.0. The van der Waals surface area contributed by atoms with Crippen molar-refractivity contribution in [1.82, 2.24) is 9.29 Å². The highest BCUT2D eigenvalue weighted by Gasteiger charge is 2.32. The highest BCUT2D eigenvalue weighted by Crippen LogP contribution is 2.31. The van der Waals surface area contributed by atoms with Crippen LogP contribution in [0.25, 0.3) is 0 Å². The monoisotopic (exact) mass is 390 g/mol. The van der Waals surface area contributed by atoms with Crippen molar-refractivity contribution in [2.75, 3.05) is 20.2 Å². The van der Waals surface area contributed by atoms with Gasteiger partial charge in [0.25, 0.3) is 0 Å². The fraction of sp³-hybridized carbons (Fsp3) is 0.450. The lowest BCUT2D eigenvalue weighted by molar-refractivity contribution is 0.0101. The number of benzene rings is 1. The lowest BCUT2D eigenvalue weighted by Crippen LogP contribution is -2.40. The molecule has 0 bridgehead atoms. The second-order valence-electron chi connectivity index (χ2n) is 6.86. The van der Waals surface area contributed by atoms with Gasteiger partial charge in [0.15, 0.2) is 0 Å². The molecule has 7 heteroatoms. The average molecular weight is 391 g/mol. The van der Waals surface area contributed by atoms with Crippen molar-refractivity contribution in [2.45, 2.75) is 44.3 Å². The van der Waals surface area contributed by atoms with Crippen LogP contribution in [0.5, 0.6) is 5.75 Å². The Bertz CT molecular complexity index is 876. The number of aromatic nitrogens is 1. The van der Waals surface area contributed by atoms with Gasteiger partial charge < -0.3 is 9.47 Å². The first-order valence-electron chi connectivity index (χ1n) is 9.07. The minimum atomic E-state index is -3.59. The van der Waals surface area contributed by atoms with E-state index in [9.17, 15) is 8.42 Å². The Morgan fingerprint density at radius 1 is 1.19 bits per heavy atom. The van der Waals surface area contributed by atoms with Gasteiger partial charge in [-0.15, -0.1) is 0 Å². The highest BCUT2D eigenvalue weighted by molar-refractivity contribution is 7.89. The normalized spacial score (nSPS) is 16.4. The van der Waals surface area contributed by atoms with Crippen LogP contribution >= 0.6 is 0 Å². The summed E-state index contributed by atoms with van der Waals surface area (Å²) in [4.78, 5) is 4.32. The molecule has 1 aliphatic heterocycles. The number of methoxy groups -OCH3 is 1. The average Bonchev–Trinajstić information content (AvgIpc) is 2.69. The summed E-state index contributed by atoms with van der Waals surface area (Å²) in [6.45, 7) is 5.23. The molecule has 0 N–H and O–H groups in total. The van der Waals surface area contributed by atoms with Gasteiger partial charge in [0.2, 0.25) is 10.0 Å². The Morgan fingerprint density at radius 3 is 2.52 bits per heavy atom. The second kappa shape index (κ2) is 8.37. The molecule has 6 nitrogen and oxygen atoms in total. The van der Waals surface area contributed by atoms with E-state index >= 15 is 0 Å². The molecule has 1 aromatic carbocycles. The number of aryl methyl sites for hydroxylation is 2. The molecule has 1 aromatic heterocycles. The first-order valence-corrected chi connectivity index (χ1v) is 10.5. The Hall–Kier alpha value is -1.96. The minimum Gasteiger partial charge on any atom is -0.495 e. The van der Waals surface area contributed by atoms with Crippen molar-refractivity contribution in [3.63, 3.8) is 0 Å². The van der Waals surface area contributed by atoms with Gasteiger partial charge in [0.1, 0.15) is 10.6 Å². The van der Waals surface area contributed by atoms with Crippen LogP contribution in [-0.4, -0.2) is 44.0 Å². The first kappa shape index (κ1) is 19.8. The molecule has 2 aromatic rings. The molecule has 27 heavy (non-hydrogen) atoms. The molecule has 2 heterocycles. The zero-order chi connectivity index (χ0) is 19.4. The van der Waals surface area contributed by atoms with Crippen molar-refractivity contribution in [1.29, 1.82) is 0 Å². The van der Waals surface area contributed by atoms with Crippen LogP contribution in [0.2, 0.25) is 0 Å². The number of rotatable bonds is 6. The van der Waals surface area contributed by atoms with Crippen LogP contribution in [0.3, 0.4) is 0 Å². The third-order valence-electron chi connectivity index (χ3n) is 5.01. The molecular weight excluding hydrogens is 364 g/mol. The van der Waals surface area contributed by atoms with E-state index < -0.39 is 10.0 Å². The van der Waals surface area contributed by atoms with Crippen LogP contribution in [0.15, 0.2) is 41.6 Å². The van der Waals surface area contributed by atoms with E-state index in [0.717, 1.165) is 16.7 Å². The molecular formula is C20H26N2O4S. The smallest absolute Gasteiger partial charge is 0.246 e. The van der Waals surface area contributed by atoms with Crippen molar-refractivity contribution in [3.05, 3.63) is 53.3 Å². The Kier molecular flexibility index (Phi) is 6.14. The van der Waals surface area contributed by atoms with Crippen molar-refractivity contribution in [3.8, 4) is 5.75 Å². The standard InChI is InChI=1S/C20H26N2O4S/c1-15-11-19(25-3)20(12-16(15)2)27(23,24)22-9-6-18(7-10-22)26-14-17-5-4-8-21-13-17/h4-5,8,11-13,18H,6-7,9-10,14H2,1-3H3. The van der Waals surface area contributed by atoms with Gasteiger partial charge in [-0.05, 0) is 61.6 Å². The molecule has 146 valence electrons. The van der Waals surface area contributed by atoms with Gasteiger partial charge in [-0.2, -0.15) is 4.31 Å².